The highest BCUT2D eigenvalue weighted by atomic mass is 32.2. The van der Waals surface area contributed by atoms with Gasteiger partial charge in [0, 0.05) is 25.0 Å². The number of hydrogen-bond donors (Lipinski definition) is 0. The van der Waals surface area contributed by atoms with Gasteiger partial charge in [0.15, 0.2) is 0 Å². The van der Waals surface area contributed by atoms with Gasteiger partial charge in [-0.15, -0.1) is 0 Å². The molecule has 0 aromatic rings. The summed E-state index contributed by atoms with van der Waals surface area (Å²) in [6, 6.07) is 0. The van der Waals surface area contributed by atoms with E-state index in [9.17, 15) is 17.8 Å². The number of rotatable bonds is 20. The van der Waals surface area contributed by atoms with Gasteiger partial charge < -0.3 is 13.8 Å². The van der Waals surface area contributed by atoms with Gasteiger partial charge in [-0.3, -0.25) is 4.79 Å². The Balaban J connectivity index is 3.49. The van der Waals surface area contributed by atoms with Crippen LogP contribution in [0.5, 0.6) is 0 Å². The van der Waals surface area contributed by atoms with Gasteiger partial charge in [-0.05, 0) is 6.42 Å². The summed E-state index contributed by atoms with van der Waals surface area (Å²) in [5.41, 5.74) is 0. The third kappa shape index (κ3) is 21.9. The van der Waals surface area contributed by atoms with Gasteiger partial charge in [-0.25, -0.2) is 8.42 Å². The number of nitrogens with zero attached hydrogens (tertiary/aromatic N) is 1. The number of hydrogen-bond acceptors (Lipinski definition) is 5. The lowest BCUT2D eigenvalue weighted by Crippen LogP contribution is -2.42. The van der Waals surface area contributed by atoms with Crippen molar-refractivity contribution in [3.63, 3.8) is 0 Å². The van der Waals surface area contributed by atoms with Crippen molar-refractivity contribution in [2.45, 2.75) is 96.8 Å². The number of quaternary nitrogens is 1. The molecule has 0 bridgehead atoms. The zero-order valence-electron chi connectivity index (χ0n) is 19.1. The number of carbonyl (C=O) groups excluding carboxylic acids is 1. The minimum absolute atomic E-state index is 0.122. The summed E-state index contributed by atoms with van der Waals surface area (Å²) in [6.07, 6.45) is 15.5. The molecule has 0 fully saturated rings. The molecule has 174 valence electrons. The zero-order chi connectivity index (χ0) is 22.0. The van der Waals surface area contributed by atoms with Crippen LogP contribution in [0.2, 0.25) is 0 Å². The average Bonchev–Trinajstić information content (AvgIpc) is 2.62. The minimum Gasteiger partial charge on any atom is -0.748 e. The van der Waals surface area contributed by atoms with Gasteiger partial charge in [-0.1, -0.05) is 71.1 Å². The molecule has 29 heavy (non-hydrogen) atoms. The van der Waals surface area contributed by atoms with E-state index in [0.29, 0.717) is 30.5 Å². The van der Waals surface area contributed by atoms with Gasteiger partial charge >= 0.3 is 5.97 Å². The highest BCUT2D eigenvalue weighted by Gasteiger charge is 2.15. The van der Waals surface area contributed by atoms with Crippen molar-refractivity contribution in [3.8, 4) is 0 Å². The molecule has 0 aromatic heterocycles. The molecule has 0 aliphatic heterocycles. The molecular weight excluding hydrogens is 390 g/mol. The number of unbranched alkanes of at least 4 members (excludes halogenated alkanes) is 10. The summed E-state index contributed by atoms with van der Waals surface area (Å²) in [5.74, 6) is -0.438. The Kier molecular flexibility index (Phi) is 16.7. The van der Waals surface area contributed by atoms with Crippen LogP contribution in [0.25, 0.3) is 0 Å². The quantitative estimate of drug-likeness (QED) is 0.120. The normalized spacial score (nSPS) is 12.3. The molecule has 6 nitrogen and oxygen atoms in total. The molecule has 0 radical (unpaired) electrons. The molecule has 0 N–H and O–H groups in total. The summed E-state index contributed by atoms with van der Waals surface area (Å²) >= 11 is 0. The van der Waals surface area contributed by atoms with Crippen LogP contribution in [0.1, 0.15) is 96.8 Å². The summed E-state index contributed by atoms with van der Waals surface area (Å²) in [5, 5.41) is 0. The van der Waals surface area contributed by atoms with Gasteiger partial charge in [0.2, 0.25) is 0 Å². The van der Waals surface area contributed by atoms with E-state index >= 15 is 0 Å². The van der Waals surface area contributed by atoms with Crippen LogP contribution in [-0.2, 0) is 19.6 Å². The largest absolute Gasteiger partial charge is 0.748 e. The van der Waals surface area contributed by atoms with E-state index in [0.717, 1.165) is 25.8 Å². The number of ether oxygens (including phenoxy) is 1. The van der Waals surface area contributed by atoms with Crippen LogP contribution in [0.3, 0.4) is 0 Å². The summed E-state index contributed by atoms with van der Waals surface area (Å²) < 4.78 is 37.9. The van der Waals surface area contributed by atoms with E-state index in [1.165, 1.54) is 57.8 Å². The number of carbonyl (C=O) groups is 1. The van der Waals surface area contributed by atoms with Crippen molar-refractivity contribution < 1.29 is 27.0 Å². The second kappa shape index (κ2) is 17.1. The molecule has 0 spiro atoms. The van der Waals surface area contributed by atoms with Crippen LogP contribution >= 0.6 is 0 Å². The highest BCUT2D eigenvalue weighted by Crippen LogP contribution is 2.12. The fourth-order valence-corrected chi connectivity index (χ4v) is 3.95. The summed E-state index contributed by atoms with van der Waals surface area (Å²) in [4.78, 5) is 11.8. The molecule has 0 aromatic carbocycles. The molecule has 0 atom stereocenters. The Bertz CT molecular complexity index is 505. The predicted molar refractivity (Wildman–Crippen MR) is 118 cm³/mol. The first-order chi connectivity index (χ1) is 13.7. The van der Waals surface area contributed by atoms with Crippen molar-refractivity contribution in [1.82, 2.24) is 0 Å². The standard InChI is InChI=1S/C22H45NO5S/c1-4-5-6-7-8-9-10-11-12-13-14-17-22(24)28-20-15-18-23(2,3)19-16-21-29(25,26)27/h4-21H2,1-3H3. The van der Waals surface area contributed by atoms with E-state index < -0.39 is 10.1 Å². The highest BCUT2D eigenvalue weighted by molar-refractivity contribution is 7.85. The zero-order valence-corrected chi connectivity index (χ0v) is 19.9. The van der Waals surface area contributed by atoms with Gasteiger partial charge in [0.25, 0.3) is 0 Å². The first-order valence-electron chi connectivity index (χ1n) is 11.6. The molecule has 0 saturated heterocycles. The Morgan fingerprint density at radius 1 is 0.793 bits per heavy atom. The fraction of sp³-hybridized carbons (Fsp3) is 0.955. The van der Waals surface area contributed by atoms with Gasteiger partial charge in [-0.2, -0.15) is 0 Å². The van der Waals surface area contributed by atoms with Crippen molar-refractivity contribution in [1.29, 1.82) is 0 Å². The molecule has 0 heterocycles. The molecule has 0 aliphatic carbocycles. The van der Waals surface area contributed by atoms with E-state index in [4.69, 9.17) is 4.74 Å². The van der Waals surface area contributed by atoms with E-state index in [-0.39, 0.29) is 11.7 Å². The van der Waals surface area contributed by atoms with Gasteiger partial charge in [0.1, 0.15) is 0 Å². The molecule has 0 saturated carbocycles. The maximum atomic E-state index is 11.8. The maximum absolute atomic E-state index is 11.8. The van der Waals surface area contributed by atoms with Crippen LogP contribution < -0.4 is 0 Å². The van der Waals surface area contributed by atoms with E-state index in [1.54, 1.807) is 0 Å². The van der Waals surface area contributed by atoms with Gasteiger partial charge in [0.05, 0.1) is 43.9 Å². The van der Waals surface area contributed by atoms with Crippen molar-refractivity contribution >= 4 is 16.1 Å². The fourth-order valence-electron chi connectivity index (χ4n) is 3.47. The second-order valence-electron chi connectivity index (χ2n) is 8.86. The third-order valence-electron chi connectivity index (χ3n) is 5.31. The van der Waals surface area contributed by atoms with E-state index in [2.05, 4.69) is 6.92 Å². The van der Waals surface area contributed by atoms with Crippen molar-refractivity contribution in [2.24, 2.45) is 0 Å². The first-order valence-corrected chi connectivity index (χ1v) is 13.2. The van der Waals surface area contributed by atoms with Crippen LogP contribution in [-0.4, -0.2) is 63.0 Å². The SMILES string of the molecule is CCCCCCCCCCCCCC(=O)OCCC[N+](C)(C)CCCS(=O)(=O)[O-]. The Morgan fingerprint density at radius 3 is 1.79 bits per heavy atom. The first kappa shape index (κ1) is 28.3. The topological polar surface area (TPSA) is 83.5 Å². The van der Waals surface area contributed by atoms with Crippen LogP contribution in [0, 0.1) is 0 Å². The average molecular weight is 436 g/mol. The van der Waals surface area contributed by atoms with Crippen molar-refractivity contribution in [2.75, 3.05) is 39.5 Å². The predicted octanol–water partition coefficient (Wildman–Crippen LogP) is 4.63. The molecule has 0 amide bonds. The second-order valence-corrected chi connectivity index (χ2v) is 10.4. The maximum Gasteiger partial charge on any atom is 0.305 e. The molecule has 7 heteroatoms. The molecular formula is C22H45NO5S. The van der Waals surface area contributed by atoms with E-state index in [1.807, 2.05) is 14.1 Å². The number of esters is 1. The lowest BCUT2D eigenvalue weighted by Gasteiger charge is -2.30. The minimum atomic E-state index is -4.13. The molecule has 0 unspecified atom stereocenters. The summed E-state index contributed by atoms with van der Waals surface area (Å²) in [7, 11) is -0.154. The Labute approximate surface area is 179 Å². The monoisotopic (exact) mass is 435 g/mol. The summed E-state index contributed by atoms with van der Waals surface area (Å²) in [6.45, 7) is 4.05. The molecule has 0 rings (SSSR count). The third-order valence-corrected chi connectivity index (χ3v) is 6.10. The lowest BCUT2D eigenvalue weighted by atomic mass is 10.1. The van der Waals surface area contributed by atoms with Crippen LogP contribution in [0.4, 0.5) is 0 Å². The molecule has 0 aliphatic rings. The van der Waals surface area contributed by atoms with Crippen molar-refractivity contribution in [3.05, 3.63) is 0 Å². The smallest absolute Gasteiger partial charge is 0.305 e. The Hall–Kier alpha value is -0.660. The lowest BCUT2D eigenvalue weighted by molar-refractivity contribution is -0.890. The Morgan fingerprint density at radius 2 is 1.28 bits per heavy atom. The van der Waals surface area contributed by atoms with Crippen LogP contribution in [0.15, 0.2) is 0 Å².